The molecule has 0 spiro atoms. The second-order valence-electron chi connectivity index (χ2n) is 4.22. The number of hydrogen-bond donors (Lipinski definition) is 2. The molecule has 0 unspecified atom stereocenters. The van der Waals surface area contributed by atoms with Crippen molar-refractivity contribution in [2.75, 3.05) is 39.0 Å². The maximum atomic E-state index is 11.4. The standard InChI is InChI=1S/C10H21N3O3S/c1-3-17(15,16)13(2)6-4-5-12-10(14)9-7-11-8-9/h9,11H,3-8H2,1-2H3,(H,12,14). The predicted molar refractivity (Wildman–Crippen MR) is 66.1 cm³/mol. The Labute approximate surface area is 103 Å². The summed E-state index contributed by atoms with van der Waals surface area (Å²) >= 11 is 0. The van der Waals surface area contributed by atoms with E-state index in [0.29, 0.717) is 19.5 Å². The fraction of sp³-hybridized carbons (Fsp3) is 0.900. The van der Waals surface area contributed by atoms with Crippen molar-refractivity contribution in [1.29, 1.82) is 0 Å². The summed E-state index contributed by atoms with van der Waals surface area (Å²) in [6.07, 6.45) is 0.640. The Morgan fingerprint density at radius 1 is 1.47 bits per heavy atom. The number of sulfonamides is 1. The topological polar surface area (TPSA) is 78.5 Å². The molecule has 2 N–H and O–H groups in total. The number of amides is 1. The highest BCUT2D eigenvalue weighted by molar-refractivity contribution is 7.89. The first-order valence-electron chi connectivity index (χ1n) is 5.90. The van der Waals surface area contributed by atoms with Crippen molar-refractivity contribution in [3.8, 4) is 0 Å². The van der Waals surface area contributed by atoms with E-state index in [9.17, 15) is 13.2 Å². The Bertz CT molecular complexity index is 352. The molecule has 1 rings (SSSR count). The molecule has 1 aliphatic rings. The Morgan fingerprint density at radius 3 is 2.59 bits per heavy atom. The number of rotatable bonds is 7. The normalized spacial score (nSPS) is 16.9. The molecule has 1 fully saturated rings. The van der Waals surface area contributed by atoms with Crippen LogP contribution in [0.1, 0.15) is 13.3 Å². The molecule has 1 aliphatic heterocycles. The highest BCUT2D eigenvalue weighted by atomic mass is 32.2. The molecule has 0 aromatic carbocycles. The monoisotopic (exact) mass is 263 g/mol. The zero-order valence-corrected chi connectivity index (χ0v) is 11.2. The van der Waals surface area contributed by atoms with E-state index in [-0.39, 0.29) is 17.6 Å². The lowest BCUT2D eigenvalue weighted by molar-refractivity contribution is -0.126. The second kappa shape index (κ2) is 6.32. The van der Waals surface area contributed by atoms with Gasteiger partial charge in [0.1, 0.15) is 0 Å². The molecule has 1 amide bonds. The van der Waals surface area contributed by atoms with E-state index in [0.717, 1.165) is 13.1 Å². The van der Waals surface area contributed by atoms with E-state index in [1.165, 1.54) is 4.31 Å². The summed E-state index contributed by atoms with van der Waals surface area (Å²) in [4.78, 5) is 11.4. The van der Waals surface area contributed by atoms with Crippen LogP contribution in [0.4, 0.5) is 0 Å². The first kappa shape index (κ1) is 14.4. The molecule has 7 heteroatoms. The van der Waals surface area contributed by atoms with Gasteiger partial charge < -0.3 is 10.6 Å². The van der Waals surface area contributed by atoms with Gasteiger partial charge in [0.05, 0.1) is 11.7 Å². The minimum Gasteiger partial charge on any atom is -0.356 e. The third-order valence-electron chi connectivity index (χ3n) is 2.94. The number of nitrogens with zero attached hydrogens (tertiary/aromatic N) is 1. The highest BCUT2D eigenvalue weighted by Gasteiger charge is 2.24. The first-order chi connectivity index (χ1) is 7.97. The summed E-state index contributed by atoms with van der Waals surface area (Å²) in [6.45, 7) is 4.08. The van der Waals surface area contributed by atoms with Crippen molar-refractivity contribution in [2.45, 2.75) is 13.3 Å². The van der Waals surface area contributed by atoms with Gasteiger partial charge in [-0.25, -0.2) is 12.7 Å². The van der Waals surface area contributed by atoms with Gasteiger partial charge in [0.2, 0.25) is 15.9 Å². The van der Waals surface area contributed by atoms with Crippen molar-refractivity contribution >= 4 is 15.9 Å². The van der Waals surface area contributed by atoms with E-state index in [1.54, 1.807) is 14.0 Å². The second-order valence-corrected chi connectivity index (χ2v) is 6.59. The van der Waals surface area contributed by atoms with Crippen LogP contribution < -0.4 is 10.6 Å². The van der Waals surface area contributed by atoms with Crippen LogP contribution in [-0.2, 0) is 14.8 Å². The van der Waals surface area contributed by atoms with Crippen LogP contribution >= 0.6 is 0 Å². The van der Waals surface area contributed by atoms with Crippen molar-refractivity contribution in [2.24, 2.45) is 5.92 Å². The molecule has 0 aliphatic carbocycles. The average molecular weight is 263 g/mol. The molecule has 0 bridgehead atoms. The largest absolute Gasteiger partial charge is 0.356 e. The van der Waals surface area contributed by atoms with Crippen LogP contribution in [0.15, 0.2) is 0 Å². The minimum atomic E-state index is -3.10. The molecule has 100 valence electrons. The van der Waals surface area contributed by atoms with Gasteiger partial charge in [-0.2, -0.15) is 0 Å². The summed E-state index contributed by atoms with van der Waals surface area (Å²) in [5, 5.41) is 5.84. The van der Waals surface area contributed by atoms with E-state index in [4.69, 9.17) is 0 Å². The number of nitrogens with one attached hydrogen (secondary N) is 2. The summed E-state index contributed by atoms with van der Waals surface area (Å²) in [5.41, 5.74) is 0. The lowest BCUT2D eigenvalue weighted by Gasteiger charge is -2.25. The molecule has 0 saturated carbocycles. The Balaban J connectivity index is 2.13. The van der Waals surface area contributed by atoms with Gasteiger partial charge in [-0.3, -0.25) is 4.79 Å². The van der Waals surface area contributed by atoms with E-state index < -0.39 is 10.0 Å². The Morgan fingerprint density at radius 2 is 2.12 bits per heavy atom. The van der Waals surface area contributed by atoms with Gasteiger partial charge in [-0.1, -0.05) is 0 Å². The van der Waals surface area contributed by atoms with Gasteiger partial charge in [-0.15, -0.1) is 0 Å². The lowest BCUT2D eigenvalue weighted by Crippen LogP contribution is -2.51. The Hall–Kier alpha value is -0.660. The van der Waals surface area contributed by atoms with Crippen LogP contribution in [0.2, 0.25) is 0 Å². The van der Waals surface area contributed by atoms with Crippen molar-refractivity contribution in [3.05, 3.63) is 0 Å². The molecular formula is C10H21N3O3S. The van der Waals surface area contributed by atoms with Crippen molar-refractivity contribution in [3.63, 3.8) is 0 Å². The molecule has 0 atom stereocenters. The Kier molecular flexibility index (Phi) is 5.35. The molecular weight excluding hydrogens is 242 g/mol. The summed E-state index contributed by atoms with van der Waals surface area (Å²) in [7, 11) is -1.53. The molecule has 0 radical (unpaired) electrons. The van der Waals surface area contributed by atoms with Gasteiger partial charge >= 0.3 is 0 Å². The zero-order valence-electron chi connectivity index (χ0n) is 10.4. The highest BCUT2D eigenvalue weighted by Crippen LogP contribution is 2.02. The third-order valence-corrected chi connectivity index (χ3v) is 4.80. The SMILES string of the molecule is CCS(=O)(=O)N(C)CCCNC(=O)C1CNC1. The molecule has 6 nitrogen and oxygen atoms in total. The maximum absolute atomic E-state index is 11.4. The predicted octanol–water partition coefficient (Wildman–Crippen LogP) is -1.01. The van der Waals surface area contributed by atoms with Gasteiger partial charge in [0.15, 0.2) is 0 Å². The van der Waals surface area contributed by atoms with Crippen molar-refractivity contribution < 1.29 is 13.2 Å². The molecule has 1 heterocycles. The smallest absolute Gasteiger partial charge is 0.225 e. The average Bonchev–Trinajstić information content (AvgIpc) is 2.21. The number of carbonyl (C=O) groups is 1. The van der Waals surface area contributed by atoms with Crippen molar-refractivity contribution in [1.82, 2.24) is 14.9 Å². The fourth-order valence-corrected chi connectivity index (χ4v) is 2.34. The van der Waals surface area contributed by atoms with Gasteiger partial charge in [0.25, 0.3) is 0 Å². The van der Waals surface area contributed by atoms with Crippen LogP contribution in [0.5, 0.6) is 0 Å². The summed E-state index contributed by atoms with van der Waals surface area (Å²) in [6, 6.07) is 0. The van der Waals surface area contributed by atoms with E-state index in [2.05, 4.69) is 10.6 Å². The summed E-state index contributed by atoms with van der Waals surface area (Å²) in [5.74, 6) is 0.265. The van der Waals surface area contributed by atoms with Crippen LogP contribution in [0, 0.1) is 5.92 Å². The minimum absolute atomic E-state index is 0.0600. The van der Waals surface area contributed by atoms with Crippen LogP contribution in [0.25, 0.3) is 0 Å². The van der Waals surface area contributed by atoms with Gasteiger partial charge in [-0.05, 0) is 13.3 Å². The lowest BCUT2D eigenvalue weighted by atomic mass is 10.0. The third kappa shape index (κ3) is 4.25. The molecule has 17 heavy (non-hydrogen) atoms. The van der Waals surface area contributed by atoms with E-state index in [1.807, 2.05) is 0 Å². The molecule has 1 saturated heterocycles. The quantitative estimate of drug-likeness (QED) is 0.577. The van der Waals surface area contributed by atoms with Crippen LogP contribution in [0.3, 0.4) is 0 Å². The molecule has 0 aromatic heterocycles. The van der Waals surface area contributed by atoms with Gasteiger partial charge in [0, 0.05) is 33.2 Å². The zero-order chi connectivity index (χ0) is 12.9. The summed E-state index contributed by atoms with van der Waals surface area (Å²) < 4.78 is 24.2. The fourth-order valence-electron chi connectivity index (χ4n) is 1.49. The number of hydrogen-bond acceptors (Lipinski definition) is 4. The van der Waals surface area contributed by atoms with Crippen LogP contribution in [-0.4, -0.2) is 57.6 Å². The maximum Gasteiger partial charge on any atom is 0.225 e. The first-order valence-corrected chi connectivity index (χ1v) is 7.50. The molecule has 0 aromatic rings. The number of carbonyl (C=O) groups excluding carboxylic acids is 1. The van der Waals surface area contributed by atoms with E-state index >= 15 is 0 Å².